The van der Waals surface area contributed by atoms with Gasteiger partial charge in [0.05, 0.1) is 0 Å². The third-order valence-corrected chi connectivity index (χ3v) is 3.73. The molecule has 1 amide bonds. The number of amides is 1. The first-order valence-corrected chi connectivity index (χ1v) is 7.18. The van der Waals surface area contributed by atoms with Crippen molar-refractivity contribution in [2.75, 3.05) is 5.32 Å². The van der Waals surface area contributed by atoms with Crippen LogP contribution in [-0.2, 0) is 0 Å². The monoisotopic (exact) mass is 298 g/mol. The largest absolute Gasteiger partial charge is 0.321 e. The molecule has 0 fully saturated rings. The third-order valence-electron chi connectivity index (χ3n) is 2.84. The number of nitrogens with zero attached hydrogens (tertiary/aromatic N) is 1. The molecule has 3 rings (SSSR count). The molecule has 0 bridgehead atoms. The second kappa shape index (κ2) is 5.85. The predicted octanol–water partition coefficient (Wildman–Crippen LogP) is 4.20. The Kier molecular flexibility index (Phi) is 3.75. The van der Waals surface area contributed by atoms with Crippen LogP contribution in [0.25, 0.3) is 10.6 Å². The highest BCUT2D eigenvalue weighted by atomic mass is 32.1. The minimum atomic E-state index is -0.393. The van der Waals surface area contributed by atoms with E-state index in [1.54, 1.807) is 17.5 Å². The molecule has 104 valence electrons. The molecular formula is C16H11FN2OS. The number of hydrogen-bond donors (Lipinski definition) is 1. The summed E-state index contributed by atoms with van der Waals surface area (Å²) in [6.45, 7) is 0. The van der Waals surface area contributed by atoms with Crippen molar-refractivity contribution < 1.29 is 9.18 Å². The first-order chi connectivity index (χ1) is 10.2. The molecule has 21 heavy (non-hydrogen) atoms. The maximum absolute atomic E-state index is 13.1. The van der Waals surface area contributed by atoms with Crippen LogP contribution in [0.1, 0.15) is 10.5 Å². The first kappa shape index (κ1) is 13.5. The summed E-state index contributed by atoms with van der Waals surface area (Å²) in [7, 11) is 0. The molecule has 0 aliphatic rings. The van der Waals surface area contributed by atoms with Crippen LogP contribution in [-0.4, -0.2) is 10.9 Å². The number of aromatic nitrogens is 1. The zero-order chi connectivity index (χ0) is 14.7. The van der Waals surface area contributed by atoms with E-state index in [0.717, 1.165) is 10.6 Å². The van der Waals surface area contributed by atoms with Crippen molar-refractivity contribution in [3.63, 3.8) is 0 Å². The van der Waals surface area contributed by atoms with Gasteiger partial charge in [0, 0.05) is 16.6 Å². The molecule has 2 aromatic carbocycles. The summed E-state index contributed by atoms with van der Waals surface area (Å²) in [5.41, 5.74) is 1.70. The van der Waals surface area contributed by atoms with E-state index in [0.29, 0.717) is 11.4 Å². The van der Waals surface area contributed by atoms with Crippen LogP contribution in [0.4, 0.5) is 10.1 Å². The van der Waals surface area contributed by atoms with E-state index < -0.39 is 5.82 Å². The number of anilines is 1. The van der Waals surface area contributed by atoms with Crippen LogP contribution in [0.2, 0.25) is 0 Å². The summed E-state index contributed by atoms with van der Waals surface area (Å²) in [5, 5.41) is 5.10. The van der Waals surface area contributed by atoms with E-state index in [1.165, 1.54) is 23.5 Å². The quantitative estimate of drug-likeness (QED) is 0.787. The summed E-state index contributed by atoms with van der Waals surface area (Å²) in [5.74, 6) is -0.741. The van der Waals surface area contributed by atoms with Gasteiger partial charge in [-0.2, -0.15) is 0 Å². The fourth-order valence-electron chi connectivity index (χ4n) is 1.85. The van der Waals surface area contributed by atoms with Gasteiger partial charge in [0.1, 0.15) is 16.5 Å². The zero-order valence-electron chi connectivity index (χ0n) is 10.9. The summed E-state index contributed by atoms with van der Waals surface area (Å²) in [6.07, 6.45) is 0. The second-order valence-electron chi connectivity index (χ2n) is 4.37. The minimum Gasteiger partial charge on any atom is -0.321 e. The maximum Gasteiger partial charge on any atom is 0.275 e. The summed E-state index contributed by atoms with van der Waals surface area (Å²) in [4.78, 5) is 16.4. The van der Waals surface area contributed by atoms with E-state index in [-0.39, 0.29) is 5.91 Å². The van der Waals surface area contributed by atoms with Gasteiger partial charge in [0.2, 0.25) is 0 Å². The highest BCUT2D eigenvalue weighted by Crippen LogP contribution is 2.23. The average Bonchev–Trinajstić information content (AvgIpc) is 2.98. The van der Waals surface area contributed by atoms with Gasteiger partial charge in [-0.3, -0.25) is 4.79 Å². The molecule has 0 spiro atoms. The molecule has 3 aromatic rings. The van der Waals surface area contributed by atoms with Crippen LogP contribution in [0.5, 0.6) is 0 Å². The molecule has 1 N–H and O–H groups in total. The molecule has 0 saturated carbocycles. The molecule has 1 aromatic heterocycles. The van der Waals surface area contributed by atoms with E-state index >= 15 is 0 Å². The number of halogens is 1. The normalized spacial score (nSPS) is 10.3. The summed E-state index contributed by atoms with van der Waals surface area (Å²) >= 11 is 1.40. The number of rotatable bonds is 3. The Hall–Kier alpha value is -2.53. The van der Waals surface area contributed by atoms with Gasteiger partial charge < -0.3 is 5.32 Å². The first-order valence-electron chi connectivity index (χ1n) is 6.30. The van der Waals surface area contributed by atoms with Crippen LogP contribution in [0.15, 0.2) is 60.0 Å². The smallest absolute Gasteiger partial charge is 0.275 e. The number of carbonyl (C=O) groups is 1. The van der Waals surface area contributed by atoms with Gasteiger partial charge in [-0.15, -0.1) is 11.3 Å². The average molecular weight is 298 g/mol. The number of benzene rings is 2. The second-order valence-corrected chi connectivity index (χ2v) is 5.23. The highest BCUT2D eigenvalue weighted by molar-refractivity contribution is 7.13. The molecule has 0 radical (unpaired) electrons. The fourth-order valence-corrected chi connectivity index (χ4v) is 2.66. The van der Waals surface area contributed by atoms with E-state index in [9.17, 15) is 9.18 Å². The fraction of sp³-hybridized carbons (Fsp3) is 0. The lowest BCUT2D eigenvalue weighted by Crippen LogP contribution is -2.12. The standard InChI is InChI=1S/C16H11FN2OS/c17-12-7-4-8-13(9-12)18-15(20)14-10-21-16(19-14)11-5-2-1-3-6-11/h1-10H,(H,18,20). The molecule has 1 heterocycles. The number of thiazole rings is 1. The predicted molar refractivity (Wildman–Crippen MR) is 81.9 cm³/mol. The van der Waals surface area contributed by atoms with E-state index in [1.807, 2.05) is 30.3 Å². The molecule has 0 atom stereocenters. The number of nitrogens with one attached hydrogen (secondary N) is 1. The Morgan fingerprint density at radius 3 is 2.67 bits per heavy atom. The van der Waals surface area contributed by atoms with E-state index in [4.69, 9.17) is 0 Å². The summed E-state index contributed by atoms with van der Waals surface area (Å²) < 4.78 is 13.1. The molecular weight excluding hydrogens is 287 g/mol. The zero-order valence-corrected chi connectivity index (χ0v) is 11.7. The molecule has 5 heteroatoms. The lowest BCUT2D eigenvalue weighted by Gasteiger charge is -2.02. The SMILES string of the molecule is O=C(Nc1cccc(F)c1)c1csc(-c2ccccc2)n1. The Labute approximate surface area is 125 Å². The molecule has 0 saturated heterocycles. The van der Waals surface area contributed by atoms with Crippen LogP contribution in [0.3, 0.4) is 0 Å². The Morgan fingerprint density at radius 1 is 1.10 bits per heavy atom. The van der Waals surface area contributed by atoms with Crippen molar-refractivity contribution in [1.29, 1.82) is 0 Å². The molecule has 0 aliphatic carbocycles. The Bertz CT molecular complexity index is 771. The lowest BCUT2D eigenvalue weighted by atomic mass is 10.2. The van der Waals surface area contributed by atoms with Crippen LogP contribution >= 0.6 is 11.3 Å². The highest BCUT2D eigenvalue weighted by Gasteiger charge is 2.12. The van der Waals surface area contributed by atoms with Crippen LogP contribution in [0, 0.1) is 5.82 Å². The van der Waals surface area contributed by atoms with Gasteiger partial charge in [0.15, 0.2) is 0 Å². The third kappa shape index (κ3) is 3.14. The van der Waals surface area contributed by atoms with Gasteiger partial charge in [-0.05, 0) is 18.2 Å². The van der Waals surface area contributed by atoms with Gasteiger partial charge in [-0.25, -0.2) is 9.37 Å². The van der Waals surface area contributed by atoms with Gasteiger partial charge >= 0.3 is 0 Å². The molecule has 0 aliphatic heterocycles. The van der Waals surface area contributed by atoms with Crippen molar-refractivity contribution in [3.8, 4) is 10.6 Å². The topological polar surface area (TPSA) is 42.0 Å². The van der Waals surface area contributed by atoms with Crippen molar-refractivity contribution in [2.45, 2.75) is 0 Å². The summed E-state index contributed by atoms with van der Waals surface area (Å²) in [6, 6.07) is 15.4. The number of hydrogen-bond acceptors (Lipinski definition) is 3. The minimum absolute atomic E-state index is 0.322. The van der Waals surface area contributed by atoms with Gasteiger partial charge in [-0.1, -0.05) is 36.4 Å². The van der Waals surface area contributed by atoms with E-state index in [2.05, 4.69) is 10.3 Å². The Balaban J connectivity index is 1.78. The van der Waals surface area contributed by atoms with Crippen LogP contribution < -0.4 is 5.32 Å². The molecule has 3 nitrogen and oxygen atoms in total. The van der Waals surface area contributed by atoms with Crippen molar-refractivity contribution in [2.24, 2.45) is 0 Å². The lowest BCUT2D eigenvalue weighted by molar-refractivity contribution is 0.102. The number of carbonyl (C=O) groups excluding carboxylic acids is 1. The molecule has 0 unspecified atom stereocenters. The Morgan fingerprint density at radius 2 is 1.90 bits per heavy atom. The maximum atomic E-state index is 13.1. The van der Waals surface area contributed by atoms with Crippen molar-refractivity contribution >= 4 is 22.9 Å². The van der Waals surface area contributed by atoms with Gasteiger partial charge in [0.25, 0.3) is 5.91 Å². The van der Waals surface area contributed by atoms with Crippen molar-refractivity contribution in [1.82, 2.24) is 4.98 Å². The van der Waals surface area contributed by atoms with Crippen molar-refractivity contribution in [3.05, 3.63) is 71.5 Å².